The van der Waals surface area contributed by atoms with Gasteiger partial charge in [-0.1, -0.05) is 11.6 Å². The molecule has 0 spiro atoms. The molecule has 2 bridgehead atoms. The van der Waals surface area contributed by atoms with E-state index in [1.807, 2.05) is 35.0 Å². The Balaban J connectivity index is 1.52. The van der Waals surface area contributed by atoms with Crippen molar-refractivity contribution in [2.24, 2.45) is 5.92 Å². The van der Waals surface area contributed by atoms with Gasteiger partial charge in [-0.3, -0.25) is 0 Å². The molecule has 0 radical (unpaired) electrons. The Hall–Kier alpha value is -1.94. The second-order valence-electron chi connectivity index (χ2n) is 7.91. The van der Waals surface area contributed by atoms with Gasteiger partial charge in [0.2, 0.25) is 0 Å². The maximum absolute atomic E-state index is 15.1. The predicted molar refractivity (Wildman–Crippen MR) is 115 cm³/mol. The summed E-state index contributed by atoms with van der Waals surface area (Å²) in [7, 11) is 2.77. The minimum absolute atomic E-state index is 0.0905. The molecule has 30 heavy (non-hydrogen) atoms. The molecule has 160 valence electrons. The number of aromatic nitrogens is 2. The molecule has 2 aliphatic rings. The van der Waals surface area contributed by atoms with Gasteiger partial charge in [0.1, 0.15) is 11.9 Å². The molecule has 1 aliphatic heterocycles. The van der Waals surface area contributed by atoms with Gasteiger partial charge in [-0.2, -0.15) is 0 Å². The van der Waals surface area contributed by atoms with Crippen LogP contribution in [0.25, 0.3) is 11.3 Å². The molecule has 0 amide bonds. The lowest BCUT2D eigenvalue weighted by molar-refractivity contribution is 0.0515. The van der Waals surface area contributed by atoms with Gasteiger partial charge >= 0.3 is 7.05 Å². The lowest BCUT2D eigenvalue weighted by atomic mass is 9.81. The van der Waals surface area contributed by atoms with Gasteiger partial charge in [-0.05, 0) is 56.0 Å². The van der Waals surface area contributed by atoms with Crippen molar-refractivity contribution in [1.29, 1.82) is 0 Å². The average Bonchev–Trinajstić information content (AvgIpc) is 3.30. The zero-order valence-corrected chi connectivity index (χ0v) is 18.0. The van der Waals surface area contributed by atoms with Gasteiger partial charge in [-0.15, -0.1) is 10.2 Å². The lowest BCUT2D eigenvalue weighted by Gasteiger charge is -2.39. The fourth-order valence-corrected chi connectivity index (χ4v) is 4.86. The van der Waals surface area contributed by atoms with Crippen LogP contribution < -0.4 is 9.64 Å². The van der Waals surface area contributed by atoms with E-state index in [1.165, 1.54) is 0 Å². The first-order chi connectivity index (χ1) is 14.4. The highest BCUT2D eigenvalue weighted by atomic mass is 35.5. The van der Waals surface area contributed by atoms with Crippen LogP contribution >= 0.6 is 11.6 Å². The summed E-state index contributed by atoms with van der Waals surface area (Å²) in [5.74, 6) is 1.31. The van der Waals surface area contributed by atoms with Gasteiger partial charge in [-0.25, -0.2) is 4.39 Å². The number of benzene rings is 1. The van der Waals surface area contributed by atoms with Crippen molar-refractivity contribution in [3.8, 4) is 17.0 Å². The van der Waals surface area contributed by atoms with E-state index in [4.69, 9.17) is 21.1 Å². The number of methoxy groups -OCH3 is 1. The van der Waals surface area contributed by atoms with Crippen molar-refractivity contribution >= 4 is 24.5 Å². The fraction of sp³-hybridized carbons (Fsp3) is 0.500. The monoisotopic (exact) mass is 434 g/mol. The highest BCUT2D eigenvalue weighted by Gasteiger charge is 2.55. The Morgan fingerprint density at radius 1 is 1.33 bits per heavy atom. The molecule has 2 fully saturated rings. The smallest absolute Gasteiger partial charge is 0.376 e. The van der Waals surface area contributed by atoms with Crippen LogP contribution in [0.2, 0.25) is 11.8 Å². The van der Waals surface area contributed by atoms with E-state index >= 15 is 4.39 Å². The van der Waals surface area contributed by atoms with Gasteiger partial charge in [0, 0.05) is 30.8 Å². The van der Waals surface area contributed by atoms with E-state index < -0.39 is 13.2 Å². The largest absolute Gasteiger partial charge is 0.467 e. The minimum Gasteiger partial charge on any atom is -0.467 e. The van der Waals surface area contributed by atoms with E-state index in [2.05, 4.69) is 10.2 Å². The van der Waals surface area contributed by atoms with Crippen LogP contribution in [-0.2, 0) is 4.74 Å². The third-order valence-corrected chi connectivity index (χ3v) is 6.32. The molecular weight excluding hydrogens is 410 g/mol. The molecule has 1 saturated heterocycles. The first-order valence-corrected chi connectivity index (χ1v) is 10.3. The number of rotatable bonds is 7. The fourth-order valence-electron chi connectivity index (χ4n) is 4.69. The van der Waals surface area contributed by atoms with Crippen LogP contribution in [0.15, 0.2) is 30.3 Å². The average molecular weight is 435 g/mol. The molecule has 4 rings (SSSR count). The summed E-state index contributed by atoms with van der Waals surface area (Å²) >= 11 is 6.08. The predicted octanol–water partition coefficient (Wildman–Crippen LogP) is 2.74. The molecule has 2 unspecified atom stereocenters. The Morgan fingerprint density at radius 2 is 2.13 bits per heavy atom. The number of hydrogen-bond acceptors (Lipinski definition) is 7. The van der Waals surface area contributed by atoms with E-state index in [1.54, 1.807) is 26.1 Å². The number of anilines is 1. The minimum atomic E-state index is -1.05. The molecule has 1 N–H and O–H groups in total. The number of nitrogens with zero attached hydrogens (tertiary/aromatic N) is 4. The van der Waals surface area contributed by atoms with Crippen molar-refractivity contribution < 1.29 is 18.9 Å². The molecule has 1 aromatic carbocycles. The summed E-state index contributed by atoms with van der Waals surface area (Å²) in [5, 5.41) is 19.1. The standard InChI is InChI=1S/C20H25BClFN4O3/c1-21(28)27-10-12-8-16(27)19(23)20(12)26(2)18-7-6-15(24-25-18)14-5-4-13(22)9-17(14)30-11-29-3/h4-7,9,12,16,19-20,28H,8,10-11H2,1-3H3/t12?,16?,19-,20+/m1/s1. The van der Waals surface area contributed by atoms with E-state index in [9.17, 15) is 5.02 Å². The Morgan fingerprint density at radius 3 is 2.77 bits per heavy atom. The third-order valence-electron chi connectivity index (χ3n) is 6.08. The maximum Gasteiger partial charge on any atom is 0.376 e. The highest BCUT2D eigenvalue weighted by Crippen LogP contribution is 2.43. The number of halogens is 2. The highest BCUT2D eigenvalue weighted by molar-refractivity contribution is 6.45. The Labute approximate surface area is 180 Å². The van der Waals surface area contributed by atoms with Crippen molar-refractivity contribution in [2.45, 2.75) is 31.5 Å². The molecule has 2 heterocycles. The summed E-state index contributed by atoms with van der Waals surface area (Å²) < 4.78 is 25.7. The molecule has 2 aromatic rings. The number of alkyl halides is 1. The number of hydrogen-bond donors (Lipinski definition) is 1. The number of piperidine rings is 1. The van der Waals surface area contributed by atoms with Crippen LogP contribution in [-0.4, -0.2) is 72.8 Å². The number of ether oxygens (including phenoxy) is 2. The van der Waals surface area contributed by atoms with Crippen molar-refractivity contribution in [3.05, 3.63) is 35.4 Å². The molecular formula is C20H25BClFN4O3. The second-order valence-corrected chi connectivity index (χ2v) is 8.34. The normalized spacial score (nSPS) is 25.5. The molecule has 1 aromatic heterocycles. The van der Waals surface area contributed by atoms with Crippen LogP contribution in [0, 0.1) is 5.92 Å². The molecule has 7 nitrogen and oxygen atoms in total. The van der Waals surface area contributed by atoms with Crippen molar-refractivity contribution in [1.82, 2.24) is 15.0 Å². The summed E-state index contributed by atoms with van der Waals surface area (Å²) in [5.41, 5.74) is 1.37. The van der Waals surface area contributed by atoms with Gasteiger partial charge in [0.15, 0.2) is 12.6 Å². The third kappa shape index (κ3) is 3.87. The molecule has 1 aliphatic carbocycles. The van der Waals surface area contributed by atoms with Crippen molar-refractivity contribution in [3.63, 3.8) is 0 Å². The Bertz CT molecular complexity index is 889. The first-order valence-electron chi connectivity index (χ1n) is 9.96. The van der Waals surface area contributed by atoms with E-state index in [-0.39, 0.29) is 24.8 Å². The molecule has 10 heteroatoms. The van der Waals surface area contributed by atoms with Crippen LogP contribution in [0.1, 0.15) is 6.42 Å². The summed E-state index contributed by atoms with van der Waals surface area (Å²) in [6.45, 7) is 2.47. The number of fused-ring (bicyclic) bond motifs is 2. The van der Waals surface area contributed by atoms with Gasteiger partial charge in [0.05, 0.1) is 11.7 Å². The topological polar surface area (TPSA) is 71.0 Å². The summed E-state index contributed by atoms with van der Waals surface area (Å²) in [4.78, 5) is 3.71. The summed E-state index contributed by atoms with van der Waals surface area (Å²) in [6, 6.07) is 8.43. The van der Waals surface area contributed by atoms with Gasteiger partial charge in [0.25, 0.3) is 0 Å². The zero-order valence-electron chi connectivity index (χ0n) is 17.2. The SMILES string of the molecule is COCOc1cc(Cl)ccc1-c1ccc(N(C)[C@H]2C3CC([C@H]2F)N(B(C)O)C3)nn1. The second kappa shape index (κ2) is 8.67. The lowest BCUT2D eigenvalue weighted by Crippen LogP contribution is -2.56. The first kappa shape index (κ1) is 21.3. The maximum atomic E-state index is 15.1. The summed E-state index contributed by atoms with van der Waals surface area (Å²) in [6.07, 6.45) is -0.299. The van der Waals surface area contributed by atoms with Crippen LogP contribution in [0.5, 0.6) is 5.75 Å². The molecule has 1 saturated carbocycles. The van der Waals surface area contributed by atoms with Crippen LogP contribution in [0.3, 0.4) is 0 Å². The van der Waals surface area contributed by atoms with Gasteiger partial charge < -0.3 is 24.2 Å². The zero-order chi connectivity index (χ0) is 21.4. The van der Waals surface area contributed by atoms with E-state index in [0.29, 0.717) is 28.8 Å². The Kier molecular flexibility index (Phi) is 6.15. The molecule has 4 atom stereocenters. The van der Waals surface area contributed by atoms with E-state index in [0.717, 1.165) is 12.0 Å². The van der Waals surface area contributed by atoms with Crippen molar-refractivity contribution in [2.75, 3.05) is 32.4 Å². The quantitative estimate of drug-likeness (QED) is 0.531. The van der Waals surface area contributed by atoms with Crippen LogP contribution in [0.4, 0.5) is 10.2 Å².